The van der Waals surface area contributed by atoms with Crippen molar-refractivity contribution in [3.05, 3.63) is 63.9 Å². The van der Waals surface area contributed by atoms with Crippen LogP contribution in [0.15, 0.2) is 46.9 Å². The van der Waals surface area contributed by atoms with Gasteiger partial charge in [-0.2, -0.15) is 0 Å². The molecule has 22 heavy (non-hydrogen) atoms. The number of halogens is 2. The first-order valence-electron chi connectivity index (χ1n) is 7.00. The Morgan fingerprint density at radius 3 is 2.55 bits per heavy atom. The van der Waals surface area contributed by atoms with Gasteiger partial charge in [0.2, 0.25) is 5.91 Å². The van der Waals surface area contributed by atoms with Crippen LogP contribution in [0.1, 0.15) is 24.1 Å². The second-order valence-corrected chi connectivity index (χ2v) is 6.07. The van der Waals surface area contributed by atoms with Crippen molar-refractivity contribution in [3.63, 3.8) is 0 Å². The van der Waals surface area contributed by atoms with Gasteiger partial charge in [-0.05, 0) is 55.3 Å². The van der Waals surface area contributed by atoms with Crippen molar-refractivity contribution >= 4 is 27.5 Å². The van der Waals surface area contributed by atoms with Gasteiger partial charge in [-0.15, -0.1) is 0 Å². The molecule has 0 aliphatic heterocycles. The molecule has 0 aliphatic carbocycles. The average Bonchev–Trinajstić information content (AvgIpc) is 2.47. The molecule has 0 saturated carbocycles. The molecule has 5 heteroatoms. The highest BCUT2D eigenvalue weighted by Crippen LogP contribution is 2.19. The van der Waals surface area contributed by atoms with E-state index >= 15 is 0 Å². The first-order chi connectivity index (χ1) is 10.5. The normalized spacial score (nSPS) is 11.8. The molecule has 0 bridgehead atoms. The van der Waals surface area contributed by atoms with Crippen molar-refractivity contribution in [1.82, 2.24) is 5.32 Å². The van der Waals surface area contributed by atoms with Crippen molar-refractivity contribution < 1.29 is 9.18 Å². The van der Waals surface area contributed by atoms with Crippen molar-refractivity contribution in [2.75, 3.05) is 11.9 Å². The maximum atomic E-state index is 12.9. The number of benzene rings is 2. The average molecular weight is 365 g/mol. The second-order valence-electron chi connectivity index (χ2n) is 5.15. The quantitative estimate of drug-likeness (QED) is 0.835. The third kappa shape index (κ3) is 4.56. The highest BCUT2D eigenvalue weighted by molar-refractivity contribution is 9.10. The molecule has 2 rings (SSSR count). The first-order valence-corrected chi connectivity index (χ1v) is 7.80. The fourth-order valence-electron chi connectivity index (χ4n) is 2.13. The summed E-state index contributed by atoms with van der Waals surface area (Å²) < 4.78 is 13.9. The molecule has 0 aliphatic rings. The summed E-state index contributed by atoms with van der Waals surface area (Å²) in [5.74, 6) is -0.395. The van der Waals surface area contributed by atoms with Gasteiger partial charge in [0, 0.05) is 10.2 Å². The molecule has 2 aromatic carbocycles. The Morgan fingerprint density at radius 1 is 1.23 bits per heavy atom. The van der Waals surface area contributed by atoms with E-state index in [4.69, 9.17) is 0 Å². The summed E-state index contributed by atoms with van der Waals surface area (Å²) in [5, 5.41) is 6.00. The zero-order chi connectivity index (χ0) is 16.1. The minimum absolute atomic E-state index is 0.112. The first kappa shape index (κ1) is 16.5. The highest BCUT2D eigenvalue weighted by atomic mass is 79.9. The summed E-state index contributed by atoms with van der Waals surface area (Å²) in [6.45, 7) is 4.04. The lowest BCUT2D eigenvalue weighted by atomic mass is 10.1. The monoisotopic (exact) mass is 364 g/mol. The molecule has 1 unspecified atom stereocenters. The fraction of sp³-hybridized carbons (Fsp3) is 0.235. The molecule has 0 spiro atoms. The van der Waals surface area contributed by atoms with Crippen molar-refractivity contribution in [2.45, 2.75) is 19.9 Å². The fourth-order valence-corrected chi connectivity index (χ4v) is 2.60. The lowest BCUT2D eigenvalue weighted by molar-refractivity contribution is -0.120. The highest BCUT2D eigenvalue weighted by Gasteiger charge is 2.10. The molecule has 0 saturated heterocycles. The van der Waals surface area contributed by atoms with Crippen LogP contribution in [-0.2, 0) is 4.79 Å². The third-order valence-corrected chi connectivity index (χ3v) is 3.87. The summed E-state index contributed by atoms with van der Waals surface area (Å²) in [4.78, 5) is 12.0. The number of anilines is 1. The number of carbonyl (C=O) groups is 1. The predicted octanol–water partition coefficient (Wildman–Crippen LogP) is 4.19. The van der Waals surface area contributed by atoms with E-state index in [1.807, 2.05) is 32.0 Å². The van der Waals surface area contributed by atoms with E-state index in [-0.39, 0.29) is 24.3 Å². The van der Waals surface area contributed by atoms with Gasteiger partial charge in [-0.3, -0.25) is 4.79 Å². The minimum atomic E-state index is -0.283. The Kier molecular flexibility index (Phi) is 5.55. The van der Waals surface area contributed by atoms with E-state index in [9.17, 15) is 9.18 Å². The summed E-state index contributed by atoms with van der Waals surface area (Å²) in [6.07, 6.45) is 0. The molecule has 3 nitrogen and oxygen atoms in total. The minimum Gasteiger partial charge on any atom is -0.376 e. The number of aryl methyl sites for hydroxylation is 1. The van der Waals surface area contributed by atoms with Crippen LogP contribution in [0.3, 0.4) is 0 Å². The Balaban J connectivity index is 1.88. The molecule has 2 aromatic rings. The predicted molar refractivity (Wildman–Crippen MR) is 90.3 cm³/mol. The van der Waals surface area contributed by atoms with Crippen LogP contribution in [0.25, 0.3) is 0 Å². The van der Waals surface area contributed by atoms with E-state index in [1.165, 1.54) is 12.1 Å². The molecule has 2 N–H and O–H groups in total. The smallest absolute Gasteiger partial charge is 0.239 e. The van der Waals surface area contributed by atoms with Crippen LogP contribution in [0.4, 0.5) is 10.1 Å². The SMILES string of the molecule is Cc1cc(Br)ccc1NCC(=O)NC(C)c1ccc(F)cc1. The second kappa shape index (κ2) is 7.40. The lowest BCUT2D eigenvalue weighted by Crippen LogP contribution is -2.32. The van der Waals surface area contributed by atoms with Crippen LogP contribution < -0.4 is 10.6 Å². The number of nitrogens with one attached hydrogen (secondary N) is 2. The standard InChI is InChI=1S/C17H18BrFN2O/c1-11-9-14(18)5-8-16(11)20-10-17(22)21-12(2)13-3-6-15(19)7-4-13/h3-9,12,20H,10H2,1-2H3,(H,21,22). The number of hydrogen-bond donors (Lipinski definition) is 2. The Bertz CT molecular complexity index is 658. The molecule has 0 radical (unpaired) electrons. The van der Waals surface area contributed by atoms with Crippen molar-refractivity contribution in [2.24, 2.45) is 0 Å². The zero-order valence-corrected chi connectivity index (χ0v) is 14.1. The zero-order valence-electron chi connectivity index (χ0n) is 12.5. The summed E-state index contributed by atoms with van der Waals surface area (Å²) >= 11 is 3.41. The summed E-state index contributed by atoms with van der Waals surface area (Å²) in [5.41, 5.74) is 2.86. The Morgan fingerprint density at radius 2 is 1.91 bits per heavy atom. The van der Waals surface area contributed by atoms with E-state index in [2.05, 4.69) is 26.6 Å². The molecule has 116 valence electrons. The number of hydrogen-bond acceptors (Lipinski definition) is 2. The van der Waals surface area contributed by atoms with E-state index in [0.29, 0.717) is 0 Å². The summed E-state index contributed by atoms with van der Waals surface area (Å²) in [7, 11) is 0. The molecular formula is C17H18BrFN2O. The van der Waals surface area contributed by atoms with Gasteiger partial charge in [0.05, 0.1) is 12.6 Å². The molecule has 0 aromatic heterocycles. The lowest BCUT2D eigenvalue weighted by Gasteiger charge is -2.15. The largest absolute Gasteiger partial charge is 0.376 e. The molecule has 1 atom stereocenters. The van der Waals surface area contributed by atoms with Gasteiger partial charge >= 0.3 is 0 Å². The van der Waals surface area contributed by atoms with Crippen molar-refractivity contribution in [3.8, 4) is 0 Å². The van der Waals surface area contributed by atoms with Crippen LogP contribution in [0.2, 0.25) is 0 Å². The maximum absolute atomic E-state index is 12.9. The van der Waals surface area contributed by atoms with Gasteiger partial charge in [-0.25, -0.2) is 4.39 Å². The van der Waals surface area contributed by atoms with Crippen LogP contribution in [-0.4, -0.2) is 12.5 Å². The Hall–Kier alpha value is -1.88. The van der Waals surface area contributed by atoms with Crippen LogP contribution in [0, 0.1) is 12.7 Å². The number of carbonyl (C=O) groups excluding carboxylic acids is 1. The van der Waals surface area contributed by atoms with Gasteiger partial charge in [0.1, 0.15) is 5.82 Å². The van der Waals surface area contributed by atoms with Crippen LogP contribution in [0.5, 0.6) is 0 Å². The van der Waals surface area contributed by atoms with Gasteiger partial charge in [-0.1, -0.05) is 28.1 Å². The molecule has 0 heterocycles. The third-order valence-electron chi connectivity index (χ3n) is 3.38. The maximum Gasteiger partial charge on any atom is 0.239 e. The Labute approximate surface area is 138 Å². The van der Waals surface area contributed by atoms with Crippen molar-refractivity contribution in [1.29, 1.82) is 0 Å². The van der Waals surface area contributed by atoms with E-state index < -0.39 is 0 Å². The van der Waals surface area contributed by atoms with E-state index in [1.54, 1.807) is 12.1 Å². The van der Waals surface area contributed by atoms with Gasteiger partial charge in [0.25, 0.3) is 0 Å². The topological polar surface area (TPSA) is 41.1 Å². The van der Waals surface area contributed by atoms with Gasteiger partial charge < -0.3 is 10.6 Å². The molecule has 1 amide bonds. The summed E-state index contributed by atoms with van der Waals surface area (Å²) in [6, 6.07) is 11.8. The van der Waals surface area contributed by atoms with Crippen LogP contribution >= 0.6 is 15.9 Å². The molecule has 0 fully saturated rings. The van der Waals surface area contributed by atoms with Gasteiger partial charge in [0.15, 0.2) is 0 Å². The molecular weight excluding hydrogens is 347 g/mol. The number of amides is 1. The van der Waals surface area contributed by atoms with E-state index in [0.717, 1.165) is 21.3 Å². The number of rotatable bonds is 5.